The van der Waals surface area contributed by atoms with Gasteiger partial charge in [-0.1, -0.05) is 0 Å². The molecule has 2 rings (SSSR count). The van der Waals surface area contributed by atoms with Crippen molar-refractivity contribution in [2.75, 3.05) is 0 Å². The number of H-pyrrole nitrogens is 2. The highest BCUT2D eigenvalue weighted by molar-refractivity contribution is 7.71. The van der Waals surface area contributed by atoms with Gasteiger partial charge in [0.2, 0.25) is 0 Å². The monoisotopic (exact) mass is 182 g/mol. The molecular weight excluding hydrogens is 176 g/mol. The summed E-state index contributed by atoms with van der Waals surface area (Å²) in [4.78, 5) is 20.4. The fraction of sp³-hybridized carbons (Fsp3) is 0.167. The minimum atomic E-state index is -0.269. The average molecular weight is 182 g/mol. The van der Waals surface area contributed by atoms with E-state index in [-0.39, 0.29) is 5.69 Å². The first-order valence-electron chi connectivity index (χ1n) is 3.35. The predicted octanol–water partition coefficient (Wildman–Crippen LogP) is 0.389. The fourth-order valence-corrected chi connectivity index (χ4v) is 1.22. The second kappa shape index (κ2) is 2.28. The Hall–Kier alpha value is -1.43. The topological polar surface area (TPSA) is 66.0 Å². The van der Waals surface area contributed by atoms with E-state index in [1.165, 1.54) is 10.7 Å². The van der Waals surface area contributed by atoms with Crippen molar-refractivity contribution < 1.29 is 0 Å². The van der Waals surface area contributed by atoms with Crippen molar-refractivity contribution in [2.24, 2.45) is 0 Å². The van der Waals surface area contributed by atoms with Gasteiger partial charge in [-0.05, 0) is 19.1 Å². The summed E-state index contributed by atoms with van der Waals surface area (Å²) in [5, 5.41) is 0. The zero-order valence-corrected chi connectivity index (χ0v) is 7.10. The van der Waals surface area contributed by atoms with Gasteiger partial charge in [0.1, 0.15) is 12.0 Å². The average Bonchev–Trinajstić information content (AvgIpc) is 2.33. The molecule has 2 heterocycles. The van der Waals surface area contributed by atoms with E-state index < -0.39 is 0 Å². The van der Waals surface area contributed by atoms with Crippen LogP contribution in [-0.4, -0.2) is 19.4 Å². The number of aryl methyl sites for hydroxylation is 1. The summed E-state index contributed by atoms with van der Waals surface area (Å²) in [6, 6.07) is 0. The molecule has 0 aromatic carbocycles. The van der Waals surface area contributed by atoms with Gasteiger partial charge in [-0.25, -0.2) is 14.2 Å². The van der Waals surface area contributed by atoms with E-state index in [0.29, 0.717) is 10.4 Å². The first-order valence-corrected chi connectivity index (χ1v) is 3.75. The normalized spacial score (nSPS) is 10.8. The Kier molecular flexibility index (Phi) is 1.37. The summed E-state index contributed by atoms with van der Waals surface area (Å²) in [5.74, 6) is 0. The fourth-order valence-electron chi connectivity index (χ4n) is 1.04. The summed E-state index contributed by atoms with van der Waals surface area (Å²) in [6.45, 7) is 1.81. The number of aromatic amines is 2. The van der Waals surface area contributed by atoms with Crippen molar-refractivity contribution in [1.29, 1.82) is 0 Å². The quantitative estimate of drug-likeness (QED) is 0.579. The first-order chi connectivity index (χ1) is 5.68. The second-order valence-corrected chi connectivity index (χ2v) is 2.84. The molecule has 0 spiro atoms. The van der Waals surface area contributed by atoms with Crippen LogP contribution >= 0.6 is 12.2 Å². The first kappa shape index (κ1) is 7.23. The van der Waals surface area contributed by atoms with Crippen LogP contribution in [0.3, 0.4) is 0 Å². The number of rotatable bonds is 0. The Bertz CT molecular complexity index is 534. The molecule has 0 aliphatic heterocycles. The summed E-state index contributed by atoms with van der Waals surface area (Å²) < 4.78 is 1.70. The Morgan fingerprint density at radius 2 is 2.33 bits per heavy atom. The van der Waals surface area contributed by atoms with Gasteiger partial charge < -0.3 is 4.98 Å². The molecule has 0 aliphatic rings. The predicted molar refractivity (Wildman–Crippen MR) is 45.7 cm³/mol. The maximum atomic E-state index is 11.2. The lowest BCUT2D eigenvalue weighted by atomic mass is 10.5. The van der Waals surface area contributed by atoms with Gasteiger partial charge in [-0.3, -0.25) is 4.98 Å². The molecule has 5 nitrogen and oxygen atoms in total. The summed E-state index contributed by atoms with van der Waals surface area (Å²) >= 11 is 4.80. The molecule has 0 aliphatic carbocycles. The van der Waals surface area contributed by atoms with Crippen molar-refractivity contribution >= 4 is 17.9 Å². The highest BCUT2D eigenvalue weighted by atomic mass is 32.1. The van der Waals surface area contributed by atoms with E-state index in [2.05, 4.69) is 15.0 Å². The van der Waals surface area contributed by atoms with Crippen molar-refractivity contribution in [3.8, 4) is 0 Å². The Morgan fingerprint density at radius 1 is 1.58 bits per heavy atom. The summed E-state index contributed by atoms with van der Waals surface area (Å²) in [6.07, 6.45) is 1.45. The maximum absolute atomic E-state index is 11.2. The number of hydrogen-bond acceptors (Lipinski definition) is 3. The van der Waals surface area contributed by atoms with Gasteiger partial charge in [-0.2, -0.15) is 0 Å². The third-order valence-electron chi connectivity index (χ3n) is 1.62. The van der Waals surface area contributed by atoms with Gasteiger partial charge in [0.05, 0.1) is 5.69 Å². The minimum Gasteiger partial charge on any atom is -0.316 e. The van der Waals surface area contributed by atoms with Crippen molar-refractivity contribution in [2.45, 2.75) is 6.92 Å². The zero-order chi connectivity index (χ0) is 8.72. The molecule has 0 unspecified atom stereocenters. The lowest BCUT2D eigenvalue weighted by Crippen LogP contribution is -2.16. The number of nitrogens with one attached hydrogen (secondary N) is 2. The summed E-state index contributed by atoms with van der Waals surface area (Å²) in [5.41, 5.74) is 1.13. The van der Waals surface area contributed by atoms with Gasteiger partial charge in [0, 0.05) is 0 Å². The van der Waals surface area contributed by atoms with Crippen LogP contribution in [0, 0.1) is 11.7 Å². The van der Waals surface area contributed by atoms with E-state index >= 15 is 0 Å². The van der Waals surface area contributed by atoms with Crippen LogP contribution in [-0.2, 0) is 0 Å². The second-order valence-electron chi connectivity index (χ2n) is 2.43. The standard InChI is InChI=1S/C6H6N4OS/c1-3-4-8-5(12)9-6(11)10(4)2-7-3/h2H,1H3,(H2,8,9,11,12). The van der Waals surface area contributed by atoms with Crippen molar-refractivity contribution in [3.63, 3.8) is 0 Å². The molecule has 0 saturated carbocycles. The minimum absolute atomic E-state index is 0.269. The molecule has 0 fully saturated rings. The summed E-state index contributed by atoms with van der Waals surface area (Å²) in [7, 11) is 0. The van der Waals surface area contributed by atoms with Crippen LogP contribution in [0.1, 0.15) is 5.69 Å². The van der Waals surface area contributed by atoms with E-state index in [4.69, 9.17) is 12.2 Å². The third-order valence-corrected chi connectivity index (χ3v) is 1.83. The molecule has 6 heteroatoms. The number of imidazole rings is 1. The number of aromatic nitrogens is 4. The molecule has 2 aromatic rings. The van der Waals surface area contributed by atoms with Gasteiger partial charge in [0.25, 0.3) is 0 Å². The highest BCUT2D eigenvalue weighted by Crippen LogP contribution is 1.99. The Labute approximate surface area is 72.1 Å². The molecule has 0 bridgehead atoms. The molecule has 0 atom stereocenters. The molecule has 62 valence electrons. The number of fused-ring (bicyclic) bond motifs is 1. The zero-order valence-electron chi connectivity index (χ0n) is 6.29. The van der Waals surface area contributed by atoms with Gasteiger partial charge in [0.15, 0.2) is 4.77 Å². The van der Waals surface area contributed by atoms with Crippen LogP contribution in [0.5, 0.6) is 0 Å². The lowest BCUT2D eigenvalue weighted by Gasteiger charge is -1.91. The Morgan fingerprint density at radius 3 is 3.08 bits per heavy atom. The van der Waals surface area contributed by atoms with Crippen molar-refractivity contribution in [1.82, 2.24) is 19.4 Å². The van der Waals surface area contributed by atoms with Gasteiger partial charge >= 0.3 is 5.69 Å². The van der Waals surface area contributed by atoms with Crippen LogP contribution in [0.25, 0.3) is 5.65 Å². The maximum Gasteiger partial charge on any atom is 0.334 e. The van der Waals surface area contributed by atoms with Crippen LogP contribution < -0.4 is 5.69 Å². The third kappa shape index (κ3) is 0.884. The Balaban J connectivity index is 3.13. The SMILES string of the molecule is Cc1ncn2c(=O)[nH]c(=S)[nH]c12. The van der Waals surface area contributed by atoms with Gasteiger partial charge in [-0.15, -0.1) is 0 Å². The molecular formula is C6H6N4OS. The van der Waals surface area contributed by atoms with Crippen LogP contribution in [0.4, 0.5) is 0 Å². The van der Waals surface area contributed by atoms with E-state index in [1.54, 1.807) is 6.92 Å². The largest absolute Gasteiger partial charge is 0.334 e. The molecule has 0 amide bonds. The van der Waals surface area contributed by atoms with E-state index in [0.717, 1.165) is 5.69 Å². The number of hydrogen-bond donors (Lipinski definition) is 2. The highest BCUT2D eigenvalue weighted by Gasteiger charge is 2.01. The van der Waals surface area contributed by atoms with Crippen LogP contribution in [0.2, 0.25) is 0 Å². The molecule has 0 radical (unpaired) electrons. The van der Waals surface area contributed by atoms with E-state index in [1.807, 2.05) is 0 Å². The van der Waals surface area contributed by atoms with Crippen molar-refractivity contribution in [3.05, 3.63) is 27.3 Å². The molecule has 2 aromatic heterocycles. The van der Waals surface area contributed by atoms with Crippen LogP contribution in [0.15, 0.2) is 11.1 Å². The molecule has 2 N–H and O–H groups in total. The van der Waals surface area contributed by atoms with E-state index in [9.17, 15) is 4.79 Å². The lowest BCUT2D eigenvalue weighted by molar-refractivity contribution is 0.934. The smallest absolute Gasteiger partial charge is 0.316 e. The molecule has 12 heavy (non-hydrogen) atoms. The number of nitrogens with zero attached hydrogens (tertiary/aromatic N) is 2. The molecule has 0 saturated heterocycles.